The lowest BCUT2D eigenvalue weighted by atomic mass is 10.2. The number of thioether (sulfide) groups is 1. The van der Waals surface area contributed by atoms with Crippen LogP contribution in [0.15, 0.2) is 59.2 Å². The van der Waals surface area contributed by atoms with Crippen molar-refractivity contribution < 1.29 is 5.11 Å². The number of aliphatic hydroxyl groups excluding tert-OH is 1. The predicted molar refractivity (Wildman–Crippen MR) is 96.7 cm³/mol. The van der Waals surface area contributed by atoms with Gasteiger partial charge in [-0.1, -0.05) is 29.8 Å². The second kappa shape index (κ2) is 6.86. The van der Waals surface area contributed by atoms with E-state index in [0.29, 0.717) is 10.8 Å². The van der Waals surface area contributed by atoms with Gasteiger partial charge in [-0.3, -0.25) is 0 Å². The fourth-order valence-electron chi connectivity index (χ4n) is 2.07. The zero-order valence-electron chi connectivity index (χ0n) is 12.5. The number of aliphatic hydroxyl groups is 1. The molecule has 0 radical (unpaired) electrons. The van der Waals surface area contributed by atoms with Crippen LogP contribution in [-0.2, 0) is 0 Å². The van der Waals surface area contributed by atoms with Gasteiger partial charge in [0, 0.05) is 4.90 Å². The van der Waals surface area contributed by atoms with E-state index < -0.39 is 0 Å². The Morgan fingerprint density at radius 1 is 1.22 bits per heavy atom. The highest BCUT2D eigenvalue weighted by atomic mass is 32.2. The van der Waals surface area contributed by atoms with Gasteiger partial charge >= 0.3 is 0 Å². The van der Waals surface area contributed by atoms with Gasteiger partial charge < -0.3 is 5.11 Å². The molecule has 0 saturated carbocycles. The zero-order valence-corrected chi connectivity index (χ0v) is 14.1. The summed E-state index contributed by atoms with van der Waals surface area (Å²) in [7, 11) is 0. The molecular formula is C18H14N2OS2. The first-order chi connectivity index (χ1) is 11.2. The van der Waals surface area contributed by atoms with Crippen LogP contribution in [0.1, 0.15) is 10.6 Å². The largest absolute Gasteiger partial charge is 0.510 e. The monoisotopic (exact) mass is 338 g/mol. The quantitative estimate of drug-likeness (QED) is 0.404. The average molecular weight is 338 g/mol. The molecule has 3 rings (SSSR count). The standard InChI is InChI=1S/C18H14N2OS2/c1-12-6-8-13(9-7-12)22-11-16(21)14(10-19)18-20-15-4-2-3-5-17(15)23-18/h2-9,21H,11H2,1H3. The number of benzene rings is 2. The van der Waals surface area contributed by atoms with E-state index in [1.54, 1.807) is 0 Å². The highest BCUT2D eigenvalue weighted by molar-refractivity contribution is 7.99. The molecule has 0 bridgehead atoms. The zero-order chi connectivity index (χ0) is 16.2. The van der Waals surface area contributed by atoms with Gasteiger partial charge in [0.05, 0.1) is 16.0 Å². The van der Waals surface area contributed by atoms with E-state index in [0.717, 1.165) is 15.1 Å². The van der Waals surface area contributed by atoms with Gasteiger partial charge in [0.25, 0.3) is 0 Å². The highest BCUT2D eigenvalue weighted by Gasteiger charge is 2.14. The summed E-state index contributed by atoms with van der Waals surface area (Å²) < 4.78 is 1.01. The van der Waals surface area contributed by atoms with Crippen molar-refractivity contribution in [2.45, 2.75) is 11.8 Å². The summed E-state index contributed by atoms with van der Waals surface area (Å²) in [6.07, 6.45) is 0. The maximum atomic E-state index is 10.3. The molecule has 23 heavy (non-hydrogen) atoms. The Kier molecular flexibility index (Phi) is 4.65. The Labute approximate surface area is 142 Å². The molecule has 3 aromatic rings. The van der Waals surface area contributed by atoms with E-state index in [1.807, 2.05) is 55.5 Å². The number of nitrogens with zero attached hydrogens (tertiary/aromatic N) is 2. The summed E-state index contributed by atoms with van der Waals surface area (Å²) in [6, 6.07) is 17.9. The second-order valence-corrected chi connectivity index (χ2v) is 7.10. The number of allylic oxidation sites excluding steroid dienone is 1. The number of para-hydroxylation sites is 1. The topological polar surface area (TPSA) is 56.9 Å². The lowest BCUT2D eigenvalue weighted by Crippen LogP contribution is -1.92. The minimum Gasteiger partial charge on any atom is -0.510 e. The summed E-state index contributed by atoms with van der Waals surface area (Å²) in [5, 5.41) is 20.3. The van der Waals surface area contributed by atoms with Gasteiger partial charge in [-0.05, 0) is 31.2 Å². The van der Waals surface area contributed by atoms with Crippen molar-refractivity contribution in [1.82, 2.24) is 4.98 Å². The molecule has 0 saturated heterocycles. The molecule has 114 valence electrons. The fraction of sp³-hybridized carbons (Fsp3) is 0.111. The van der Waals surface area contributed by atoms with Crippen LogP contribution in [0, 0.1) is 18.3 Å². The lowest BCUT2D eigenvalue weighted by Gasteiger charge is -2.03. The Morgan fingerprint density at radius 3 is 2.65 bits per heavy atom. The molecule has 0 unspecified atom stereocenters. The van der Waals surface area contributed by atoms with Crippen LogP contribution >= 0.6 is 23.1 Å². The third-order valence-corrected chi connectivity index (χ3v) is 5.38. The number of aromatic nitrogens is 1. The van der Waals surface area contributed by atoms with Crippen molar-refractivity contribution in [1.29, 1.82) is 5.26 Å². The lowest BCUT2D eigenvalue weighted by molar-refractivity contribution is 0.421. The van der Waals surface area contributed by atoms with Crippen LogP contribution in [0.5, 0.6) is 0 Å². The molecule has 0 amide bonds. The smallest absolute Gasteiger partial charge is 0.138 e. The summed E-state index contributed by atoms with van der Waals surface area (Å²) in [5.74, 6) is 0.416. The van der Waals surface area contributed by atoms with Gasteiger partial charge in [-0.25, -0.2) is 4.98 Å². The SMILES string of the molecule is Cc1ccc(SCC(O)=C(C#N)c2nc3ccccc3s2)cc1. The number of nitriles is 1. The van der Waals surface area contributed by atoms with E-state index in [9.17, 15) is 10.4 Å². The Bertz CT molecular complexity index is 872. The number of hydrogen-bond acceptors (Lipinski definition) is 5. The van der Waals surface area contributed by atoms with E-state index in [1.165, 1.54) is 28.7 Å². The van der Waals surface area contributed by atoms with E-state index in [-0.39, 0.29) is 11.3 Å². The summed E-state index contributed by atoms with van der Waals surface area (Å²) in [6.45, 7) is 2.03. The predicted octanol–water partition coefficient (Wildman–Crippen LogP) is 5.19. The van der Waals surface area contributed by atoms with Crippen LogP contribution in [0.4, 0.5) is 0 Å². The van der Waals surface area contributed by atoms with Gasteiger partial charge in [-0.15, -0.1) is 23.1 Å². The molecule has 3 nitrogen and oxygen atoms in total. The number of rotatable bonds is 4. The molecule has 5 heteroatoms. The molecule has 2 aromatic carbocycles. The van der Waals surface area contributed by atoms with E-state index in [4.69, 9.17) is 0 Å². The number of fused-ring (bicyclic) bond motifs is 1. The molecule has 0 fully saturated rings. The Morgan fingerprint density at radius 2 is 1.96 bits per heavy atom. The van der Waals surface area contributed by atoms with Crippen molar-refractivity contribution in [3.8, 4) is 6.07 Å². The highest BCUT2D eigenvalue weighted by Crippen LogP contribution is 2.30. The molecule has 0 spiro atoms. The van der Waals surface area contributed by atoms with Gasteiger partial charge in [-0.2, -0.15) is 5.26 Å². The number of hydrogen-bond donors (Lipinski definition) is 1. The molecule has 1 N–H and O–H groups in total. The van der Waals surface area contributed by atoms with Crippen molar-refractivity contribution in [2.24, 2.45) is 0 Å². The van der Waals surface area contributed by atoms with Crippen molar-refractivity contribution in [3.05, 3.63) is 64.9 Å². The minimum absolute atomic E-state index is 0.0668. The van der Waals surface area contributed by atoms with Crippen LogP contribution in [0.3, 0.4) is 0 Å². The van der Waals surface area contributed by atoms with Crippen molar-refractivity contribution in [2.75, 3.05) is 5.75 Å². The average Bonchev–Trinajstić information content (AvgIpc) is 2.98. The molecule has 1 aromatic heterocycles. The van der Waals surface area contributed by atoms with Crippen molar-refractivity contribution >= 4 is 38.9 Å². The van der Waals surface area contributed by atoms with Gasteiger partial charge in [0.2, 0.25) is 0 Å². The molecule has 1 heterocycles. The summed E-state index contributed by atoms with van der Waals surface area (Å²) in [5.41, 5.74) is 2.30. The number of aryl methyl sites for hydroxylation is 1. The second-order valence-electron chi connectivity index (χ2n) is 5.02. The first-order valence-corrected chi connectivity index (χ1v) is 8.85. The molecule has 0 aliphatic heterocycles. The fourth-order valence-corrected chi connectivity index (χ4v) is 3.83. The third kappa shape index (κ3) is 3.55. The van der Waals surface area contributed by atoms with Gasteiger partial charge in [0.15, 0.2) is 0 Å². The summed E-state index contributed by atoms with van der Waals surface area (Å²) in [4.78, 5) is 5.50. The molecule has 0 aliphatic carbocycles. The first kappa shape index (κ1) is 15.6. The van der Waals surface area contributed by atoms with Crippen LogP contribution in [0.25, 0.3) is 15.8 Å². The van der Waals surface area contributed by atoms with Crippen LogP contribution < -0.4 is 0 Å². The molecule has 0 atom stereocenters. The summed E-state index contributed by atoms with van der Waals surface area (Å²) >= 11 is 2.92. The van der Waals surface area contributed by atoms with Crippen LogP contribution in [0.2, 0.25) is 0 Å². The minimum atomic E-state index is 0.0668. The normalized spacial score (nSPS) is 12.0. The van der Waals surface area contributed by atoms with E-state index >= 15 is 0 Å². The Balaban J connectivity index is 1.84. The van der Waals surface area contributed by atoms with E-state index in [2.05, 4.69) is 11.1 Å². The van der Waals surface area contributed by atoms with Crippen molar-refractivity contribution in [3.63, 3.8) is 0 Å². The Hall–Kier alpha value is -2.29. The molecular weight excluding hydrogens is 324 g/mol. The maximum Gasteiger partial charge on any atom is 0.138 e. The van der Waals surface area contributed by atoms with Crippen LogP contribution in [-0.4, -0.2) is 15.8 Å². The molecule has 0 aliphatic rings. The third-order valence-electron chi connectivity index (χ3n) is 3.30. The van der Waals surface area contributed by atoms with Gasteiger partial charge in [0.1, 0.15) is 22.4 Å². The maximum absolute atomic E-state index is 10.3. The number of thiazole rings is 1. The first-order valence-electron chi connectivity index (χ1n) is 7.05.